The number of likely N-dealkylation sites (tertiary alicyclic amines) is 1. The number of imide groups is 1. The third-order valence-corrected chi connectivity index (χ3v) is 5.63. The molecule has 0 aliphatic carbocycles. The fraction of sp³-hybridized carbons (Fsp3) is 0.524. The maximum atomic E-state index is 13.0. The summed E-state index contributed by atoms with van der Waals surface area (Å²) in [6.45, 7) is 3.32. The van der Waals surface area contributed by atoms with Crippen molar-refractivity contribution in [1.82, 2.24) is 15.1 Å². The zero-order valence-electron chi connectivity index (χ0n) is 18.1. The molecule has 1 aromatic carbocycles. The van der Waals surface area contributed by atoms with Gasteiger partial charge in [-0.3, -0.25) is 19.3 Å². The van der Waals surface area contributed by atoms with Crippen LogP contribution < -0.4 is 10.1 Å². The minimum absolute atomic E-state index is 0.138. The molecule has 0 bridgehead atoms. The number of nitrogens with one attached hydrogen (secondary N) is 1. The summed E-state index contributed by atoms with van der Waals surface area (Å²) in [5, 5.41) is 2.50. The van der Waals surface area contributed by atoms with E-state index in [2.05, 4.69) is 10.1 Å². The van der Waals surface area contributed by atoms with Crippen LogP contribution in [0.25, 0.3) is 0 Å². The Labute approximate surface area is 187 Å². The van der Waals surface area contributed by atoms with Crippen molar-refractivity contribution in [3.8, 4) is 5.75 Å². The van der Waals surface area contributed by atoms with Crippen LogP contribution in [0.2, 0.25) is 0 Å². The molecule has 2 fully saturated rings. The van der Waals surface area contributed by atoms with Gasteiger partial charge in [0.25, 0.3) is 5.91 Å². The number of ether oxygens (including phenoxy) is 2. The lowest BCUT2D eigenvalue weighted by atomic mass is 9.92. The van der Waals surface area contributed by atoms with Gasteiger partial charge in [0.1, 0.15) is 17.8 Å². The Morgan fingerprint density at radius 3 is 2.48 bits per heavy atom. The normalized spacial score (nSPS) is 23.4. The van der Waals surface area contributed by atoms with E-state index in [0.717, 1.165) is 17.0 Å². The second kappa shape index (κ2) is 9.28. The minimum Gasteiger partial charge on any atom is -0.466 e. The molecule has 9 nitrogen and oxygen atoms in total. The van der Waals surface area contributed by atoms with E-state index < -0.39 is 53.9 Å². The van der Waals surface area contributed by atoms with Crippen molar-refractivity contribution in [2.45, 2.75) is 38.6 Å². The molecule has 1 aromatic rings. The first-order valence-electron chi connectivity index (χ1n) is 10.4. The molecule has 2 unspecified atom stereocenters. The highest BCUT2D eigenvalue weighted by Gasteiger charge is 2.50. The Bertz CT molecular complexity index is 936. The summed E-state index contributed by atoms with van der Waals surface area (Å²) in [7, 11) is 0. The number of carbonyl (C=O) groups is 4. The van der Waals surface area contributed by atoms with E-state index in [1.54, 1.807) is 6.92 Å². The summed E-state index contributed by atoms with van der Waals surface area (Å²) in [5.41, 5.74) is -1.34. The monoisotopic (exact) mass is 471 g/mol. The Hall–Kier alpha value is -3.31. The highest BCUT2D eigenvalue weighted by atomic mass is 19.4. The first-order chi connectivity index (χ1) is 15.4. The second-order valence-corrected chi connectivity index (χ2v) is 7.95. The zero-order chi connectivity index (χ0) is 24.4. The summed E-state index contributed by atoms with van der Waals surface area (Å²) in [5.74, 6) is -2.54. The van der Waals surface area contributed by atoms with Crippen LogP contribution in [0.5, 0.6) is 5.75 Å². The van der Waals surface area contributed by atoms with Gasteiger partial charge in [-0.15, -0.1) is 13.2 Å². The molecule has 0 saturated carbocycles. The SMILES string of the molecule is CCOC(=O)C1CCCN(C(=O)CN2C(=O)NC(C)(c3ccc(OC(F)(F)F)cc3)C2=O)C1. The number of nitrogens with zero attached hydrogens (tertiary/aromatic N) is 2. The Balaban J connectivity index is 1.68. The molecule has 33 heavy (non-hydrogen) atoms. The molecule has 12 heteroatoms. The quantitative estimate of drug-likeness (QED) is 0.504. The number of amides is 4. The van der Waals surface area contributed by atoms with E-state index in [0.29, 0.717) is 19.4 Å². The number of esters is 1. The molecule has 2 saturated heterocycles. The van der Waals surface area contributed by atoms with Crippen molar-refractivity contribution < 1.29 is 41.8 Å². The van der Waals surface area contributed by atoms with E-state index in [1.807, 2.05) is 0 Å². The molecule has 0 aromatic heterocycles. The smallest absolute Gasteiger partial charge is 0.466 e. The topological polar surface area (TPSA) is 105 Å². The van der Waals surface area contributed by atoms with Crippen molar-refractivity contribution >= 4 is 23.8 Å². The molecule has 3 rings (SSSR count). The molecule has 2 aliphatic heterocycles. The average Bonchev–Trinajstić information content (AvgIpc) is 2.97. The van der Waals surface area contributed by atoms with Gasteiger partial charge in [-0.2, -0.15) is 0 Å². The van der Waals surface area contributed by atoms with Crippen molar-refractivity contribution in [2.75, 3.05) is 26.2 Å². The van der Waals surface area contributed by atoms with Crippen molar-refractivity contribution in [3.63, 3.8) is 0 Å². The van der Waals surface area contributed by atoms with E-state index >= 15 is 0 Å². The van der Waals surface area contributed by atoms with Crippen molar-refractivity contribution in [1.29, 1.82) is 0 Å². The summed E-state index contributed by atoms with van der Waals surface area (Å²) < 4.78 is 45.9. The van der Waals surface area contributed by atoms with E-state index in [4.69, 9.17) is 4.74 Å². The van der Waals surface area contributed by atoms with Gasteiger partial charge in [0, 0.05) is 13.1 Å². The molecule has 0 spiro atoms. The number of rotatable bonds is 6. The number of halogens is 3. The number of hydrogen-bond donors (Lipinski definition) is 1. The molecule has 2 atom stereocenters. The van der Waals surface area contributed by atoms with Crippen LogP contribution in [0, 0.1) is 5.92 Å². The predicted molar refractivity (Wildman–Crippen MR) is 107 cm³/mol. The standard InChI is InChI=1S/C21H24F3N3O6/c1-3-32-17(29)13-5-4-10-26(11-13)16(28)12-27-18(30)20(2,25-19(27)31)14-6-8-15(9-7-14)33-21(22,23)24/h6-9,13H,3-5,10-12H2,1-2H3,(H,25,31). The lowest BCUT2D eigenvalue weighted by molar-refractivity contribution is -0.274. The lowest BCUT2D eigenvalue weighted by Crippen LogP contribution is -2.48. The maximum absolute atomic E-state index is 13.0. The van der Waals surface area contributed by atoms with Crippen LogP contribution in [0.1, 0.15) is 32.3 Å². The van der Waals surface area contributed by atoms with Crippen LogP contribution in [-0.2, 0) is 24.7 Å². The van der Waals surface area contributed by atoms with Crippen molar-refractivity contribution in [3.05, 3.63) is 29.8 Å². The summed E-state index contributed by atoms with van der Waals surface area (Å²) >= 11 is 0. The first kappa shape index (κ1) is 24.3. The average molecular weight is 471 g/mol. The Morgan fingerprint density at radius 2 is 1.88 bits per heavy atom. The number of benzene rings is 1. The molecule has 0 radical (unpaired) electrons. The third-order valence-electron chi connectivity index (χ3n) is 5.63. The number of piperidine rings is 1. The minimum atomic E-state index is -4.86. The number of hydrogen-bond acceptors (Lipinski definition) is 6. The molecule has 2 heterocycles. The largest absolute Gasteiger partial charge is 0.573 e. The Morgan fingerprint density at radius 1 is 1.21 bits per heavy atom. The fourth-order valence-corrected chi connectivity index (χ4v) is 3.92. The van der Waals surface area contributed by atoms with Crippen LogP contribution in [0.15, 0.2) is 24.3 Å². The van der Waals surface area contributed by atoms with Gasteiger partial charge in [-0.25, -0.2) is 4.79 Å². The molecule has 180 valence electrons. The van der Waals surface area contributed by atoms with Gasteiger partial charge >= 0.3 is 18.4 Å². The number of alkyl halides is 3. The molecule has 1 N–H and O–H groups in total. The van der Waals surface area contributed by atoms with Gasteiger partial charge < -0.3 is 19.7 Å². The summed E-state index contributed by atoms with van der Waals surface area (Å²) in [4.78, 5) is 52.4. The molecule has 4 amide bonds. The van der Waals surface area contributed by atoms with Crippen LogP contribution >= 0.6 is 0 Å². The highest BCUT2D eigenvalue weighted by Crippen LogP contribution is 2.31. The zero-order valence-corrected chi connectivity index (χ0v) is 18.1. The van der Waals surface area contributed by atoms with Crippen LogP contribution in [-0.4, -0.2) is 66.2 Å². The van der Waals surface area contributed by atoms with Crippen LogP contribution in [0.4, 0.5) is 18.0 Å². The van der Waals surface area contributed by atoms with Gasteiger partial charge in [-0.05, 0) is 44.4 Å². The third kappa shape index (κ3) is 5.37. The van der Waals surface area contributed by atoms with E-state index in [9.17, 15) is 32.3 Å². The Kier molecular flexibility index (Phi) is 6.84. The van der Waals surface area contributed by atoms with E-state index in [1.165, 1.54) is 24.0 Å². The lowest BCUT2D eigenvalue weighted by Gasteiger charge is -2.32. The molecular formula is C21H24F3N3O6. The summed E-state index contributed by atoms with van der Waals surface area (Å²) in [6.07, 6.45) is -3.70. The highest BCUT2D eigenvalue weighted by molar-refractivity contribution is 6.09. The van der Waals surface area contributed by atoms with Gasteiger partial charge in [-0.1, -0.05) is 12.1 Å². The fourth-order valence-electron chi connectivity index (χ4n) is 3.92. The van der Waals surface area contributed by atoms with Crippen molar-refractivity contribution in [2.24, 2.45) is 5.92 Å². The van der Waals surface area contributed by atoms with Gasteiger partial charge in [0.05, 0.1) is 12.5 Å². The first-order valence-corrected chi connectivity index (χ1v) is 10.4. The van der Waals surface area contributed by atoms with Gasteiger partial charge in [0.2, 0.25) is 5.91 Å². The molecule has 2 aliphatic rings. The molecular weight excluding hydrogens is 447 g/mol. The second-order valence-electron chi connectivity index (χ2n) is 7.95. The number of urea groups is 1. The summed E-state index contributed by atoms with van der Waals surface area (Å²) in [6, 6.07) is 3.73. The van der Waals surface area contributed by atoms with Gasteiger partial charge in [0.15, 0.2) is 0 Å². The number of carbonyl (C=O) groups excluding carboxylic acids is 4. The van der Waals surface area contributed by atoms with Crippen LogP contribution in [0.3, 0.4) is 0 Å². The van der Waals surface area contributed by atoms with E-state index in [-0.39, 0.29) is 18.7 Å². The predicted octanol–water partition coefficient (Wildman–Crippen LogP) is 2.15. The maximum Gasteiger partial charge on any atom is 0.573 e.